The molecule has 0 bridgehead atoms. The molecule has 0 atom stereocenters. The zero-order valence-electron chi connectivity index (χ0n) is 18.7. The van der Waals surface area contributed by atoms with Gasteiger partial charge in [-0.2, -0.15) is 0 Å². The summed E-state index contributed by atoms with van der Waals surface area (Å²) in [6.45, 7) is 4.21. The fraction of sp³-hybridized carbons (Fsp3) is 0.296. The van der Waals surface area contributed by atoms with Crippen molar-refractivity contribution in [1.29, 1.82) is 0 Å². The van der Waals surface area contributed by atoms with Gasteiger partial charge in [0.25, 0.3) is 0 Å². The van der Waals surface area contributed by atoms with Crippen molar-refractivity contribution in [2.75, 3.05) is 40.0 Å². The number of pyridine rings is 1. The minimum Gasteiger partial charge on any atom is -0.497 e. The van der Waals surface area contributed by atoms with E-state index in [1.54, 1.807) is 13.3 Å². The molecule has 0 amide bonds. The number of rotatable bonds is 5. The van der Waals surface area contributed by atoms with Crippen molar-refractivity contribution in [3.63, 3.8) is 0 Å². The lowest BCUT2D eigenvalue weighted by molar-refractivity contribution is 0.0344. The van der Waals surface area contributed by atoms with Crippen LogP contribution in [0.5, 0.6) is 5.75 Å². The van der Waals surface area contributed by atoms with Crippen molar-refractivity contribution < 1.29 is 14.6 Å². The van der Waals surface area contributed by atoms with Crippen molar-refractivity contribution in [2.45, 2.75) is 13.0 Å². The average Bonchev–Trinajstić information content (AvgIpc) is 3.21. The molecular formula is C27H27N3O3. The standard InChI is InChI=1S/C27H27N3O3/c1-32-23-8-7-20-15-22(6-5-21(20)16-23)26-25(18-30-9-12-33-13-10-30)24-14-19(4-2-3-11-31)17-28-27(24)29-26/h5-8,14-17,31H,3,9-13,18H2,1H3,(H,28,29). The molecule has 0 spiro atoms. The van der Waals surface area contributed by atoms with Gasteiger partial charge in [0.15, 0.2) is 0 Å². The predicted molar refractivity (Wildman–Crippen MR) is 130 cm³/mol. The van der Waals surface area contributed by atoms with Crippen molar-refractivity contribution in [1.82, 2.24) is 14.9 Å². The van der Waals surface area contributed by atoms with E-state index in [-0.39, 0.29) is 6.61 Å². The smallest absolute Gasteiger partial charge is 0.138 e. The van der Waals surface area contributed by atoms with E-state index in [4.69, 9.17) is 14.6 Å². The number of methoxy groups -OCH3 is 1. The zero-order chi connectivity index (χ0) is 22.6. The van der Waals surface area contributed by atoms with Gasteiger partial charge in [-0.1, -0.05) is 30.0 Å². The van der Waals surface area contributed by atoms with E-state index in [0.29, 0.717) is 6.42 Å². The molecule has 168 valence electrons. The largest absolute Gasteiger partial charge is 0.497 e. The molecule has 5 rings (SSSR count). The first-order valence-corrected chi connectivity index (χ1v) is 11.2. The number of morpholine rings is 1. The lowest BCUT2D eigenvalue weighted by Crippen LogP contribution is -2.35. The van der Waals surface area contributed by atoms with E-state index in [0.717, 1.165) is 77.2 Å². The van der Waals surface area contributed by atoms with Gasteiger partial charge in [-0.15, -0.1) is 0 Å². The summed E-state index contributed by atoms with van der Waals surface area (Å²) < 4.78 is 10.9. The summed E-state index contributed by atoms with van der Waals surface area (Å²) in [4.78, 5) is 10.7. The minimum atomic E-state index is 0.0626. The Morgan fingerprint density at radius 3 is 2.76 bits per heavy atom. The molecule has 4 aromatic rings. The Hall–Kier alpha value is -3.37. The van der Waals surface area contributed by atoms with E-state index >= 15 is 0 Å². The number of aromatic amines is 1. The number of nitrogens with one attached hydrogen (secondary N) is 1. The van der Waals surface area contributed by atoms with E-state index in [9.17, 15) is 0 Å². The number of hydrogen-bond donors (Lipinski definition) is 2. The van der Waals surface area contributed by atoms with Gasteiger partial charge in [-0.05, 0) is 40.6 Å². The van der Waals surface area contributed by atoms with Crippen molar-refractivity contribution in [3.05, 3.63) is 59.8 Å². The Kier molecular flexibility index (Phi) is 6.27. The zero-order valence-corrected chi connectivity index (χ0v) is 18.7. The summed E-state index contributed by atoms with van der Waals surface area (Å²) in [6, 6.07) is 14.7. The normalized spacial score (nSPS) is 14.4. The summed E-state index contributed by atoms with van der Waals surface area (Å²) in [5, 5.41) is 12.4. The lowest BCUT2D eigenvalue weighted by atomic mass is 10.0. The van der Waals surface area contributed by atoms with Gasteiger partial charge in [0.05, 0.1) is 32.6 Å². The maximum Gasteiger partial charge on any atom is 0.138 e. The number of fused-ring (bicyclic) bond motifs is 2. The molecule has 1 aliphatic heterocycles. The van der Waals surface area contributed by atoms with Crippen LogP contribution in [0.4, 0.5) is 0 Å². The SMILES string of the molecule is COc1ccc2cc(-c3[nH]c4ncc(C#CCCO)cc4c3CN3CCOCC3)ccc2c1. The number of aliphatic hydroxyl groups is 1. The maximum atomic E-state index is 9.03. The molecule has 1 fully saturated rings. The summed E-state index contributed by atoms with van der Waals surface area (Å²) in [6.07, 6.45) is 2.25. The van der Waals surface area contributed by atoms with E-state index in [1.807, 2.05) is 6.07 Å². The highest BCUT2D eigenvalue weighted by atomic mass is 16.5. The molecule has 1 saturated heterocycles. The number of benzene rings is 2. The Balaban J connectivity index is 1.61. The van der Waals surface area contributed by atoms with Crippen LogP contribution in [-0.4, -0.2) is 60.0 Å². The molecule has 6 heteroatoms. The van der Waals surface area contributed by atoms with Crippen LogP contribution >= 0.6 is 0 Å². The summed E-state index contributed by atoms with van der Waals surface area (Å²) in [7, 11) is 1.69. The third-order valence-corrected chi connectivity index (χ3v) is 6.05. The quantitative estimate of drug-likeness (QED) is 0.459. The predicted octanol–water partition coefficient (Wildman–Crippen LogP) is 3.96. The van der Waals surface area contributed by atoms with E-state index in [2.05, 4.69) is 63.1 Å². The molecular weight excluding hydrogens is 414 g/mol. The first-order chi connectivity index (χ1) is 16.2. The average molecular weight is 442 g/mol. The molecule has 0 saturated carbocycles. The maximum absolute atomic E-state index is 9.03. The number of aliphatic hydroxyl groups excluding tert-OH is 1. The molecule has 0 radical (unpaired) electrons. The second-order valence-corrected chi connectivity index (χ2v) is 8.19. The van der Waals surface area contributed by atoms with Crippen LogP contribution in [0, 0.1) is 11.8 Å². The fourth-order valence-electron chi connectivity index (χ4n) is 4.31. The number of nitrogens with zero attached hydrogens (tertiary/aromatic N) is 2. The highest BCUT2D eigenvalue weighted by molar-refractivity contribution is 5.93. The number of ether oxygens (including phenoxy) is 2. The van der Waals surface area contributed by atoms with Gasteiger partial charge >= 0.3 is 0 Å². The third-order valence-electron chi connectivity index (χ3n) is 6.05. The molecule has 0 aliphatic carbocycles. The van der Waals surface area contributed by atoms with Gasteiger partial charge in [-0.3, -0.25) is 4.90 Å². The van der Waals surface area contributed by atoms with E-state index in [1.165, 1.54) is 5.56 Å². The Labute approximate surface area is 193 Å². The number of H-pyrrole nitrogens is 1. The van der Waals surface area contributed by atoms with Crippen LogP contribution in [-0.2, 0) is 11.3 Å². The van der Waals surface area contributed by atoms with Gasteiger partial charge in [0.2, 0.25) is 0 Å². The van der Waals surface area contributed by atoms with Gasteiger partial charge in [0.1, 0.15) is 11.4 Å². The van der Waals surface area contributed by atoms with Crippen LogP contribution in [0.1, 0.15) is 17.5 Å². The Morgan fingerprint density at radius 2 is 1.94 bits per heavy atom. The number of aromatic nitrogens is 2. The molecule has 6 nitrogen and oxygen atoms in total. The number of hydrogen-bond acceptors (Lipinski definition) is 5. The Bertz CT molecular complexity index is 1340. The van der Waals surface area contributed by atoms with Crippen molar-refractivity contribution in [2.24, 2.45) is 0 Å². The van der Waals surface area contributed by atoms with E-state index < -0.39 is 0 Å². The second-order valence-electron chi connectivity index (χ2n) is 8.19. The summed E-state index contributed by atoms with van der Waals surface area (Å²) in [5.41, 5.74) is 5.15. The highest BCUT2D eigenvalue weighted by Crippen LogP contribution is 2.33. The Morgan fingerprint density at radius 1 is 1.12 bits per heavy atom. The summed E-state index contributed by atoms with van der Waals surface area (Å²) >= 11 is 0. The van der Waals surface area contributed by atoms with Crippen molar-refractivity contribution in [3.8, 4) is 28.8 Å². The molecule has 33 heavy (non-hydrogen) atoms. The van der Waals surface area contributed by atoms with Gasteiger partial charge < -0.3 is 19.6 Å². The van der Waals surface area contributed by atoms with Gasteiger partial charge in [-0.25, -0.2) is 4.98 Å². The first kappa shape index (κ1) is 21.5. The molecule has 1 aliphatic rings. The second kappa shape index (κ2) is 9.63. The molecule has 0 unspecified atom stereocenters. The summed E-state index contributed by atoms with van der Waals surface area (Å²) in [5.74, 6) is 6.97. The molecule has 2 aromatic carbocycles. The minimum absolute atomic E-state index is 0.0626. The van der Waals surface area contributed by atoms with Crippen LogP contribution < -0.4 is 4.74 Å². The molecule has 2 aromatic heterocycles. The van der Waals surface area contributed by atoms with Crippen LogP contribution in [0.3, 0.4) is 0 Å². The fourth-order valence-corrected chi connectivity index (χ4v) is 4.31. The van der Waals surface area contributed by atoms with Crippen LogP contribution in [0.25, 0.3) is 33.1 Å². The topological polar surface area (TPSA) is 70.6 Å². The first-order valence-electron chi connectivity index (χ1n) is 11.2. The third kappa shape index (κ3) is 4.57. The van der Waals surface area contributed by atoms with Crippen LogP contribution in [0.2, 0.25) is 0 Å². The van der Waals surface area contributed by atoms with Crippen molar-refractivity contribution >= 4 is 21.8 Å². The lowest BCUT2D eigenvalue weighted by Gasteiger charge is -2.26. The van der Waals surface area contributed by atoms with Crippen LogP contribution in [0.15, 0.2) is 48.7 Å². The highest BCUT2D eigenvalue weighted by Gasteiger charge is 2.19. The molecule has 2 N–H and O–H groups in total. The van der Waals surface area contributed by atoms with Gasteiger partial charge in [0, 0.05) is 48.8 Å². The molecule has 3 heterocycles. The monoisotopic (exact) mass is 441 g/mol.